The van der Waals surface area contributed by atoms with Crippen molar-refractivity contribution in [3.8, 4) is 0 Å². The van der Waals surface area contributed by atoms with E-state index in [9.17, 15) is 4.79 Å². The molecule has 0 bridgehead atoms. The van der Waals surface area contributed by atoms with Crippen LogP contribution in [0.4, 0.5) is 0 Å². The molecular formula is C17H24N2O3S. The minimum absolute atomic E-state index is 0.114. The lowest BCUT2D eigenvalue weighted by molar-refractivity contribution is -0.202. The van der Waals surface area contributed by atoms with Gasteiger partial charge in [0.15, 0.2) is 6.29 Å². The number of nitrogens with one attached hydrogen (secondary N) is 1. The average Bonchev–Trinajstić information content (AvgIpc) is 2.63. The molecule has 0 saturated carbocycles. The molecular weight excluding hydrogens is 312 g/mol. The summed E-state index contributed by atoms with van der Waals surface area (Å²) in [5, 5.41) is 0. The molecule has 0 spiro atoms. The first-order valence-electron chi connectivity index (χ1n) is 8.28. The van der Waals surface area contributed by atoms with Gasteiger partial charge in [-0.3, -0.25) is 9.69 Å². The predicted molar refractivity (Wildman–Crippen MR) is 90.9 cm³/mol. The summed E-state index contributed by atoms with van der Waals surface area (Å²) in [5.41, 5.74) is 3.64. The summed E-state index contributed by atoms with van der Waals surface area (Å²) in [6.45, 7) is 2.53. The van der Waals surface area contributed by atoms with Crippen LogP contribution >= 0.6 is 11.8 Å². The number of rotatable bonds is 5. The second kappa shape index (κ2) is 8.68. The van der Waals surface area contributed by atoms with Gasteiger partial charge in [-0.05, 0) is 18.4 Å². The molecule has 2 saturated heterocycles. The highest BCUT2D eigenvalue weighted by atomic mass is 32.2. The third-order valence-electron chi connectivity index (χ3n) is 4.20. The highest BCUT2D eigenvalue weighted by molar-refractivity contribution is 7.99. The molecule has 2 atom stereocenters. The summed E-state index contributed by atoms with van der Waals surface area (Å²) in [6.07, 6.45) is 2.65. The minimum atomic E-state index is -0.318. The van der Waals surface area contributed by atoms with E-state index in [1.165, 1.54) is 0 Å². The van der Waals surface area contributed by atoms with Crippen molar-refractivity contribution in [2.75, 3.05) is 31.2 Å². The highest BCUT2D eigenvalue weighted by Gasteiger charge is 2.29. The topological polar surface area (TPSA) is 50.8 Å². The van der Waals surface area contributed by atoms with Crippen molar-refractivity contribution in [2.45, 2.75) is 31.6 Å². The Morgan fingerprint density at radius 3 is 2.74 bits per heavy atom. The third-order valence-corrected chi connectivity index (χ3v) is 5.15. The van der Waals surface area contributed by atoms with Crippen LogP contribution in [0, 0.1) is 0 Å². The Hall–Kier alpha value is -1.08. The van der Waals surface area contributed by atoms with Crippen molar-refractivity contribution in [2.24, 2.45) is 0 Å². The number of hydrogen-bond donors (Lipinski definition) is 1. The van der Waals surface area contributed by atoms with Gasteiger partial charge in [-0.1, -0.05) is 30.3 Å². The molecule has 0 unspecified atom stereocenters. The number of thioether (sulfide) groups is 1. The van der Waals surface area contributed by atoms with Gasteiger partial charge in [0, 0.05) is 37.6 Å². The molecule has 0 radical (unpaired) electrons. The van der Waals surface area contributed by atoms with Crippen molar-refractivity contribution in [3.05, 3.63) is 35.9 Å². The molecule has 2 aliphatic heterocycles. The van der Waals surface area contributed by atoms with Crippen molar-refractivity contribution < 1.29 is 14.4 Å². The zero-order valence-corrected chi connectivity index (χ0v) is 14.1. The molecule has 2 aliphatic rings. The summed E-state index contributed by atoms with van der Waals surface area (Å²) in [5.74, 6) is 2.00. The Morgan fingerprint density at radius 1 is 1.26 bits per heavy atom. The van der Waals surface area contributed by atoms with E-state index in [-0.39, 0.29) is 18.2 Å². The van der Waals surface area contributed by atoms with E-state index in [1.54, 1.807) is 0 Å². The molecule has 2 heterocycles. The Kier molecular flexibility index (Phi) is 6.33. The second-order valence-electron chi connectivity index (χ2n) is 5.84. The van der Waals surface area contributed by atoms with E-state index in [2.05, 4.69) is 10.4 Å². The fourth-order valence-electron chi connectivity index (χ4n) is 2.98. The van der Waals surface area contributed by atoms with Gasteiger partial charge in [0.2, 0.25) is 0 Å². The number of ether oxygens (including phenoxy) is 1. The molecule has 23 heavy (non-hydrogen) atoms. The van der Waals surface area contributed by atoms with Crippen LogP contribution in [0.15, 0.2) is 30.3 Å². The molecule has 6 heteroatoms. The first-order chi connectivity index (χ1) is 11.3. The van der Waals surface area contributed by atoms with Crippen LogP contribution in [0.2, 0.25) is 0 Å². The third kappa shape index (κ3) is 4.70. The second-order valence-corrected chi connectivity index (χ2v) is 7.07. The molecule has 1 aromatic carbocycles. The molecule has 1 aromatic rings. The summed E-state index contributed by atoms with van der Waals surface area (Å²) in [4.78, 5) is 20.5. The van der Waals surface area contributed by atoms with Gasteiger partial charge in [-0.25, -0.2) is 10.3 Å². The zero-order chi connectivity index (χ0) is 15.9. The largest absolute Gasteiger partial charge is 0.350 e. The maximum Gasteiger partial charge on any atom is 0.265 e. The number of carbonyl (C=O) groups excluding carboxylic acids is 1. The summed E-state index contributed by atoms with van der Waals surface area (Å²) >= 11 is 1.93. The number of amides is 1. The van der Waals surface area contributed by atoms with Gasteiger partial charge < -0.3 is 4.74 Å². The van der Waals surface area contributed by atoms with E-state index < -0.39 is 0 Å². The Labute approximate surface area is 141 Å². The number of nitrogens with zero attached hydrogens (tertiary/aromatic N) is 1. The molecule has 5 nitrogen and oxygen atoms in total. The van der Waals surface area contributed by atoms with E-state index in [0.717, 1.165) is 49.4 Å². The molecule has 0 aliphatic carbocycles. The Morgan fingerprint density at radius 2 is 2.04 bits per heavy atom. The van der Waals surface area contributed by atoms with Crippen LogP contribution in [-0.2, 0) is 14.4 Å². The van der Waals surface area contributed by atoms with Gasteiger partial charge in [-0.2, -0.15) is 11.8 Å². The van der Waals surface area contributed by atoms with E-state index in [0.29, 0.717) is 6.61 Å². The van der Waals surface area contributed by atoms with E-state index in [1.807, 2.05) is 42.1 Å². The van der Waals surface area contributed by atoms with Crippen LogP contribution in [0.25, 0.3) is 0 Å². The average molecular weight is 336 g/mol. The van der Waals surface area contributed by atoms with Crippen LogP contribution in [-0.4, -0.2) is 48.3 Å². The Bertz CT molecular complexity index is 488. The first-order valence-corrected chi connectivity index (χ1v) is 9.44. The number of benzene rings is 1. The minimum Gasteiger partial charge on any atom is -0.350 e. The summed E-state index contributed by atoms with van der Waals surface area (Å²) in [6, 6.07) is 9.61. The molecule has 1 amide bonds. The van der Waals surface area contributed by atoms with Crippen LogP contribution < -0.4 is 5.48 Å². The molecule has 126 valence electrons. The van der Waals surface area contributed by atoms with Crippen molar-refractivity contribution in [1.29, 1.82) is 0 Å². The monoisotopic (exact) mass is 336 g/mol. The van der Waals surface area contributed by atoms with Crippen LogP contribution in [0.1, 0.15) is 30.9 Å². The fraction of sp³-hybridized carbons (Fsp3) is 0.588. The lowest BCUT2D eigenvalue weighted by Crippen LogP contribution is -2.45. The molecule has 2 fully saturated rings. The summed E-state index contributed by atoms with van der Waals surface area (Å²) in [7, 11) is 0. The van der Waals surface area contributed by atoms with Gasteiger partial charge in [0.25, 0.3) is 5.91 Å². The zero-order valence-electron chi connectivity index (χ0n) is 13.3. The fourth-order valence-corrected chi connectivity index (χ4v) is 3.91. The number of hydroxylamine groups is 1. The van der Waals surface area contributed by atoms with Crippen LogP contribution in [0.5, 0.6) is 0 Å². The van der Waals surface area contributed by atoms with Gasteiger partial charge in [0.1, 0.15) is 6.04 Å². The van der Waals surface area contributed by atoms with Gasteiger partial charge in [-0.15, -0.1) is 0 Å². The van der Waals surface area contributed by atoms with E-state index in [4.69, 9.17) is 9.57 Å². The molecule has 3 rings (SSSR count). The predicted octanol–water partition coefficient (Wildman–Crippen LogP) is 2.35. The maximum atomic E-state index is 12.7. The lowest BCUT2D eigenvalue weighted by atomic mass is 10.0. The quantitative estimate of drug-likeness (QED) is 0.837. The normalized spacial score (nSPS) is 24.1. The Balaban J connectivity index is 1.65. The molecule has 0 aromatic heterocycles. The maximum absolute atomic E-state index is 12.7. The number of hydrogen-bond acceptors (Lipinski definition) is 5. The van der Waals surface area contributed by atoms with Crippen LogP contribution in [0.3, 0.4) is 0 Å². The van der Waals surface area contributed by atoms with Crippen molar-refractivity contribution in [1.82, 2.24) is 10.4 Å². The van der Waals surface area contributed by atoms with Gasteiger partial charge >= 0.3 is 0 Å². The summed E-state index contributed by atoms with van der Waals surface area (Å²) < 4.78 is 5.51. The number of carbonyl (C=O) groups is 1. The smallest absolute Gasteiger partial charge is 0.265 e. The lowest BCUT2D eigenvalue weighted by Gasteiger charge is -2.34. The van der Waals surface area contributed by atoms with Gasteiger partial charge in [0.05, 0.1) is 0 Å². The standard InChI is InChI=1S/C17H24N2O3S/c20-17(18-22-15-8-4-5-11-21-15)16(14-6-2-1-3-7-14)19-9-12-23-13-10-19/h1-3,6-7,15-16H,4-5,8-13H2,(H,18,20)/t15-,16-/m0/s1. The van der Waals surface area contributed by atoms with E-state index >= 15 is 0 Å². The first kappa shape index (κ1) is 16.8. The highest BCUT2D eigenvalue weighted by Crippen LogP contribution is 2.24. The molecule has 1 N–H and O–H groups in total. The van der Waals surface area contributed by atoms with Crippen molar-refractivity contribution >= 4 is 17.7 Å². The van der Waals surface area contributed by atoms with Crippen molar-refractivity contribution in [3.63, 3.8) is 0 Å². The SMILES string of the molecule is O=C(NO[C@H]1CCCCO1)[C@H](c1ccccc1)N1CCSCC1.